The molecule has 0 aliphatic carbocycles. The summed E-state index contributed by atoms with van der Waals surface area (Å²) in [6.45, 7) is 6.83. The van der Waals surface area contributed by atoms with E-state index in [1.54, 1.807) is 24.4 Å². The zero-order valence-electron chi connectivity index (χ0n) is 21.5. The SMILES string of the molecule is COc1cc(NC(=O)C(=O)NC(C)(C)CN2CCN(C(=O)c3cccn3C)CC2)ccc1-c1cnco1. The van der Waals surface area contributed by atoms with Crippen molar-refractivity contribution in [1.29, 1.82) is 0 Å². The minimum atomic E-state index is -0.777. The van der Waals surface area contributed by atoms with Crippen molar-refractivity contribution in [2.24, 2.45) is 7.05 Å². The molecule has 196 valence electrons. The predicted octanol–water partition coefficient (Wildman–Crippen LogP) is 1.98. The second-order valence-electron chi connectivity index (χ2n) is 9.65. The average Bonchev–Trinajstić information content (AvgIpc) is 3.55. The molecule has 1 fully saturated rings. The van der Waals surface area contributed by atoms with Crippen molar-refractivity contribution in [3.63, 3.8) is 0 Å². The standard InChI is InChI=1S/C26H32N6O5/c1-26(2,16-31-10-12-32(13-11-31)25(35)20-6-5-9-30(20)3)29-24(34)23(33)28-18-7-8-19(21(14-18)36-4)22-15-27-17-37-22/h5-9,14-15,17H,10-13,16H2,1-4H3,(H,28,33)(H,29,34). The number of aromatic nitrogens is 2. The lowest BCUT2D eigenvalue weighted by molar-refractivity contribution is -0.137. The van der Waals surface area contributed by atoms with Gasteiger partial charge < -0.3 is 29.3 Å². The normalized spacial score (nSPS) is 14.3. The Bertz CT molecular complexity index is 1260. The molecule has 3 heterocycles. The van der Waals surface area contributed by atoms with E-state index < -0.39 is 17.4 Å². The molecule has 4 rings (SSSR count). The number of carbonyl (C=O) groups is 3. The van der Waals surface area contributed by atoms with Crippen LogP contribution in [0.15, 0.2) is 53.5 Å². The number of nitrogens with zero attached hydrogens (tertiary/aromatic N) is 4. The van der Waals surface area contributed by atoms with E-state index in [1.165, 1.54) is 13.5 Å². The van der Waals surface area contributed by atoms with Crippen molar-refractivity contribution in [3.05, 3.63) is 54.8 Å². The Labute approximate surface area is 215 Å². The van der Waals surface area contributed by atoms with Crippen LogP contribution in [0.4, 0.5) is 5.69 Å². The topological polar surface area (TPSA) is 122 Å². The number of rotatable bonds is 7. The van der Waals surface area contributed by atoms with Gasteiger partial charge in [-0.1, -0.05) is 0 Å². The van der Waals surface area contributed by atoms with Crippen LogP contribution in [0.5, 0.6) is 5.75 Å². The van der Waals surface area contributed by atoms with Crippen LogP contribution in [0.25, 0.3) is 11.3 Å². The molecular weight excluding hydrogens is 476 g/mol. The van der Waals surface area contributed by atoms with E-state index >= 15 is 0 Å². The minimum Gasteiger partial charge on any atom is -0.496 e. The summed E-state index contributed by atoms with van der Waals surface area (Å²) in [7, 11) is 3.36. The highest BCUT2D eigenvalue weighted by Crippen LogP contribution is 2.32. The summed E-state index contributed by atoms with van der Waals surface area (Å²) in [6, 6.07) is 8.67. The van der Waals surface area contributed by atoms with E-state index in [0.29, 0.717) is 61.2 Å². The van der Waals surface area contributed by atoms with E-state index in [0.717, 1.165) is 0 Å². The van der Waals surface area contributed by atoms with E-state index in [4.69, 9.17) is 9.15 Å². The third-order valence-electron chi connectivity index (χ3n) is 6.26. The first-order valence-electron chi connectivity index (χ1n) is 12.0. The second kappa shape index (κ2) is 10.9. The van der Waals surface area contributed by atoms with Gasteiger partial charge in [-0.05, 0) is 38.1 Å². The molecule has 11 heteroatoms. The highest BCUT2D eigenvalue weighted by atomic mass is 16.5. The van der Waals surface area contributed by atoms with Gasteiger partial charge in [-0.15, -0.1) is 0 Å². The van der Waals surface area contributed by atoms with Crippen LogP contribution < -0.4 is 15.4 Å². The van der Waals surface area contributed by atoms with Crippen LogP contribution in [0, 0.1) is 0 Å². The summed E-state index contributed by atoms with van der Waals surface area (Å²) < 4.78 is 12.5. The number of benzene rings is 1. The summed E-state index contributed by atoms with van der Waals surface area (Å²) in [6.07, 6.45) is 4.74. The fourth-order valence-corrected chi connectivity index (χ4v) is 4.43. The van der Waals surface area contributed by atoms with Crippen LogP contribution in [-0.2, 0) is 16.6 Å². The number of carbonyl (C=O) groups excluding carboxylic acids is 3. The molecule has 37 heavy (non-hydrogen) atoms. The van der Waals surface area contributed by atoms with Gasteiger partial charge in [-0.2, -0.15) is 0 Å². The van der Waals surface area contributed by atoms with Gasteiger partial charge >= 0.3 is 11.8 Å². The molecule has 2 aromatic heterocycles. The fourth-order valence-electron chi connectivity index (χ4n) is 4.43. The number of methoxy groups -OCH3 is 1. The molecular formula is C26H32N6O5. The number of aryl methyl sites for hydroxylation is 1. The van der Waals surface area contributed by atoms with Crippen molar-refractivity contribution in [1.82, 2.24) is 24.7 Å². The first kappa shape index (κ1) is 26.0. The molecule has 0 unspecified atom stereocenters. The Balaban J connectivity index is 1.28. The molecule has 0 bridgehead atoms. The number of amides is 3. The highest BCUT2D eigenvalue weighted by molar-refractivity contribution is 6.39. The van der Waals surface area contributed by atoms with Crippen molar-refractivity contribution < 1.29 is 23.5 Å². The molecule has 0 radical (unpaired) electrons. The first-order chi connectivity index (χ1) is 17.7. The minimum absolute atomic E-state index is 0.0156. The summed E-state index contributed by atoms with van der Waals surface area (Å²) in [5, 5.41) is 5.43. The van der Waals surface area contributed by atoms with Gasteiger partial charge in [0.05, 0.1) is 18.9 Å². The number of hydrogen-bond donors (Lipinski definition) is 2. The van der Waals surface area contributed by atoms with Gasteiger partial charge in [0.2, 0.25) is 0 Å². The van der Waals surface area contributed by atoms with Crippen LogP contribution in [0.3, 0.4) is 0 Å². The maximum absolute atomic E-state index is 12.7. The molecule has 1 aliphatic rings. The number of oxazole rings is 1. The Morgan fingerprint density at radius 3 is 2.49 bits per heavy atom. The number of piperazine rings is 1. The lowest BCUT2D eigenvalue weighted by Gasteiger charge is -2.39. The number of ether oxygens (including phenoxy) is 1. The van der Waals surface area contributed by atoms with Crippen molar-refractivity contribution >= 4 is 23.4 Å². The van der Waals surface area contributed by atoms with Gasteiger partial charge in [-0.3, -0.25) is 19.3 Å². The van der Waals surface area contributed by atoms with Crippen LogP contribution in [0.2, 0.25) is 0 Å². The fraction of sp³-hybridized carbons (Fsp3) is 0.385. The Hall–Kier alpha value is -4.12. The zero-order chi connectivity index (χ0) is 26.6. The Kier molecular flexibility index (Phi) is 7.63. The summed E-state index contributed by atoms with van der Waals surface area (Å²) in [4.78, 5) is 45.9. The molecule has 3 amide bonds. The average molecular weight is 509 g/mol. The van der Waals surface area contributed by atoms with E-state index in [-0.39, 0.29) is 5.91 Å². The van der Waals surface area contributed by atoms with Crippen LogP contribution >= 0.6 is 0 Å². The molecule has 1 saturated heterocycles. The lowest BCUT2D eigenvalue weighted by Crippen LogP contribution is -2.57. The van der Waals surface area contributed by atoms with Gasteiger partial charge in [0.1, 0.15) is 11.4 Å². The lowest BCUT2D eigenvalue weighted by atomic mass is 10.0. The number of nitrogens with one attached hydrogen (secondary N) is 2. The van der Waals surface area contributed by atoms with Crippen molar-refractivity contribution in [2.75, 3.05) is 45.2 Å². The molecule has 0 spiro atoms. The van der Waals surface area contributed by atoms with Gasteiger partial charge in [-0.25, -0.2) is 4.98 Å². The van der Waals surface area contributed by atoms with Crippen molar-refractivity contribution in [3.8, 4) is 17.1 Å². The maximum Gasteiger partial charge on any atom is 0.313 e. The first-order valence-corrected chi connectivity index (χ1v) is 12.0. The molecule has 1 aromatic carbocycles. The van der Waals surface area contributed by atoms with Crippen LogP contribution in [0.1, 0.15) is 24.3 Å². The molecule has 1 aliphatic heterocycles. The molecule has 0 saturated carbocycles. The summed E-state index contributed by atoms with van der Waals surface area (Å²) in [5.41, 5.74) is 1.09. The highest BCUT2D eigenvalue weighted by Gasteiger charge is 2.30. The quantitative estimate of drug-likeness (QED) is 0.468. The smallest absolute Gasteiger partial charge is 0.313 e. The molecule has 3 aromatic rings. The third kappa shape index (κ3) is 6.18. The van der Waals surface area contributed by atoms with E-state index in [2.05, 4.69) is 20.5 Å². The largest absolute Gasteiger partial charge is 0.496 e. The molecule has 0 atom stereocenters. The summed E-state index contributed by atoms with van der Waals surface area (Å²) in [5.74, 6) is -0.498. The monoisotopic (exact) mass is 508 g/mol. The Morgan fingerprint density at radius 2 is 1.86 bits per heavy atom. The van der Waals surface area contributed by atoms with E-state index in [1.807, 2.05) is 48.7 Å². The molecule has 2 N–H and O–H groups in total. The Morgan fingerprint density at radius 1 is 1.11 bits per heavy atom. The maximum atomic E-state index is 12.7. The van der Waals surface area contributed by atoms with Gasteiger partial charge in [0.15, 0.2) is 12.2 Å². The molecule has 11 nitrogen and oxygen atoms in total. The third-order valence-corrected chi connectivity index (χ3v) is 6.26. The van der Waals surface area contributed by atoms with E-state index in [9.17, 15) is 14.4 Å². The number of hydrogen-bond acceptors (Lipinski definition) is 7. The number of anilines is 1. The second-order valence-corrected chi connectivity index (χ2v) is 9.65. The predicted molar refractivity (Wildman–Crippen MR) is 137 cm³/mol. The van der Waals surface area contributed by atoms with Crippen LogP contribution in [-0.4, -0.2) is 82.4 Å². The van der Waals surface area contributed by atoms with Crippen molar-refractivity contribution in [2.45, 2.75) is 19.4 Å². The van der Waals surface area contributed by atoms with Gasteiger partial charge in [0, 0.05) is 63.3 Å². The van der Waals surface area contributed by atoms with Gasteiger partial charge in [0.25, 0.3) is 5.91 Å². The zero-order valence-corrected chi connectivity index (χ0v) is 21.5. The summed E-state index contributed by atoms with van der Waals surface area (Å²) >= 11 is 0.